The highest BCUT2D eigenvalue weighted by Crippen LogP contribution is 2.07. The summed E-state index contributed by atoms with van der Waals surface area (Å²) in [6, 6.07) is 7.09. The van der Waals surface area contributed by atoms with Crippen LogP contribution in [0.15, 0.2) is 24.3 Å². The summed E-state index contributed by atoms with van der Waals surface area (Å²) in [6.07, 6.45) is 0.588. The summed E-state index contributed by atoms with van der Waals surface area (Å²) in [5.74, 6) is -0.480. The number of rotatable bonds is 3. The molecule has 1 rings (SSSR count). The SMILES string of the molecule is C[C](C)OOC(=O)c1ccc(C)cc1. The van der Waals surface area contributed by atoms with Crippen molar-refractivity contribution in [3.63, 3.8) is 0 Å². The predicted octanol–water partition coefficient (Wildman–Crippen LogP) is 2.66. The molecule has 1 aromatic rings. The molecule has 0 aliphatic rings. The first kappa shape index (κ1) is 10.7. The van der Waals surface area contributed by atoms with E-state index in [0.717, 1.165) is 5.56 Å². The highest BCUT2D eigenvalue weighted by Gasteiger charge is 2.08. The monoisotopic (exact) mass is 193 g/mol. The summed E-state index contributed by atoms with van der Waals surface area (Å²) in [5, 5.41) is 0. The molecule has 0 aliphatic heterocycles. The molecule has 0 spiro atoms. The molecule has 1 aromatic carbocycles. The first-order valence-corrected chi connectivity index (χ1v) is 4.35. The van der Waals surface area contributed by atoms with Crippen molar-refractivity contribution in [3.05, 3.63) is 41.5 Å². The van der Waals surface area contributed by atoms with Crippen LogP contribution in [0.25, 0.3) is 0 Å². The zero-order valence-electron chi connectivity index (χ0n) is 8.53. The summed E-state index contributed by atoms with van der Waals surface area (Å²) in [7, 11) is 0. The molecule has 0 atom stereocenters. The van der Waals surface area contributed by atoms with E-state index in [2.05, 4.69) is 9.78 Å². The van der Waals surface area contributed by atoms with Crippen molar-refractivity contribution in [1.29, 1.82) is 0 Å². The molecule has 0 bridgehead atoms. The lowest BCUT2D eigenvalue weighted by atomic mass is 10.2. The van der Waals surface area contributed by atoms with E-state index in [1.54, 1.807) is 26.0 Å². The minimum absolute atomic E-state index is 0.480. The van der Waals surface area contributed by atoms with Crippen LogP contribution in [0.5, 0.6) is 0 Å². The van der Waals surface area contributed by atoms with Crippen LogP contribution in [-0.2, 0) is 9.78 Å². The van der Waals surface area contributed by atoms with Crippen LogP contribution >= 0.6 is 0 Å². The van der Waals surface area contributed by atoms with Gasteiger partial charge in [-0.05, 0) is 32.9 Å². The van der Waals surface area contributed by atoms with Gasteiger partial charge in [0.2, 0.25) is 0 Å². The second kappa shape index (κ2) is 4.77. The molecule has 3 nitrogen and oxygen atoms in total. The quantitative estimate of drug-likeness (QED) is 0.546. The molecule has 0 aromatic heterocycles. The van der Waals surface area contributed by atoms with Crippen molar-refractivity contribution in [2.75, 3.05) is 0 Å². The highest BCUT2D eigenvalue weighted by atomic mass is 17.2. The van der Waals surface area contributed by atoms with Crippen LogP contribution in [0.3, 0.4) is 0 Å². The molecule has 0 amide bonds. The molecule has 0 unspecified atom stereocenters. The van der Waals surface area contributed by atoms with E-state index >= 15 is 0 Å². The van der Waals surface area contributed by atoms with Crippen LogP contribution in [0.2, 0.25) is 0 Å². The Kier molecular flexibility index (Phi) is 3.65. The van der Waals surface area contributed by atoms with Gasteiger partial charge in [-0.25, -0.2) is 4.79 Å². The van der Waals surface area contributed by atoms with E-state index in [9.17, 15) is 4.79 Å². The first-order valence-electron chi connectivity index (χ1n) is 4.35. The largest absolute Gasteiger partial charge is 0.373 e. The zero-order valence-corrected chi connectivity index (χ0v) is 8.53. The number of hydrogen-bond donors (Lipinski definition) is 0. The van der Waals surface area contributed by atoms with Crippen LogP contribution in [-0.4, -0.2) is 5.97 Å². The number of aryl methyl sites for hydroxylation is 1. The second-order valence-electron chi connectivity index (χ2n) is 3.23. The molecule has 0 heterocycles. The van der Waals surface area contributed by atoms with Gasteiger partial charge in [0.05, 0.1) is 5.56 Å². The third kappa shape index (κ3) is 3.18. The third-order valence-electron chi connectivity index (χ3n) is 1.57. The van der Waals surface area contributed by atoms with Crippen LogP contribution in [0.4, 0.5) is 0 Å². The molecule has 75 valence electrons. The fourth-order valence-corrected chi connectivity index (χ4v) is 0.859. The lowest BCUT2D eigenvalue weighted by Gasteiger charge is -2.04. The maximum Gasteiger partial charge on any atom is 0.373 e. The Labute approximate surface area is 83.6 Å². The van der Waals surface area contributed by atoms with Gasteiger partial charge >= 0.3 is 5.97 Å². The van der Waals surface area contributed by atoms with E-state index in [1.165, 1.54) is 0 Å². The van der Waals surface area contributed by atoms with E-state index in [-0.39, 0.29) is 0 Å². The molecular formula is C11H13O3. The van der Waals surface area contributed by atoms with E-state index in [0.29, 0.717) is 11.7 Å². The Morgan fingerprint density at radius 1 is 1.07 bits per heavy atom. The predicted molar refractivity (Wildman–Crippen MR) is 52.3 cm³/mol. The fraction of sp³-hybridized carbons (Fsp3) is 0.273. The standard InChI is InChI=1S/C11H13O3/c1-8(2)13-14-11(12)10-6-4-9(3)5-7-10/h4-7H,1-3H3. The Balaban J connectivity index is 2.57. The van der Waals surface area contributed by atoms with Crippen molar-refractivity contribution in [2.24, 2.45) is 0 Å². The molecule has 0 aliphatic carbocycles. The van der Waals surface area contributed by atoms with Crippen molar-refractivity contribution >= 4 is 5.97 Å². The summed E-state index contributed by atoms with van der Waals surface area (Å²) < 4.78 is 0. The average Bonchev–Trinajstić information content (AvgIpc) is 2.15. The average molecular weight is 193 g/mol. The Hall–Kier alpha value is -1.35. The van der Waals surface area contributed by atoms with Gasteiger partial charge in [-0.3, -0.25) is 4.89 Å². The molecule has 1 radical (unpaired) electrons. The third-order valence-corrected chi connectivity index (χ3v) is 1.57. The zero-order chi connectivity index (χ0) is 10.6. The van der Waals surface area contributed by atoms with Gasteiger partial charge in [-0.15, -0.1) is 0 Å². The lowest BCUT2D eigenvalue weighted by Crippen LogP contribution is -2.06. The Morgan fingerprint density at radius 3 is 2.14 bits per heavy atom. The van der Waals surface area contributed by atoms with Gasteiger partial charge in [0.1, 0.15) is 6.10 Å². The number of carbonyl (C=O) groups is 1. The number of hydrogen-bond acceptors (Lipinski definition) is 3. The fourth-order valence-electron chi connectivity index (χ4n) is 0.859. The number of benzene rings is 1. The van der Waals surface area contributed by atoms with Gasteiger partial charge in [-0.1, -0.05) is 17.7 Å². The molecule has 3 heteroatoms. The minimum atomic E-state index is -0.480. The van der Waals surface area contributed by atoms with E-state index in [1.807, 2.05) is 19.1 Å². The Morgan fingerprint density at radius 2 is 1.64 bits per heavy atom. The van der Waals surface area contributed by atoms with Crippen molar-refractivity contribution in [3.8, 4) is 0 Å². The highest BCUT2D eigenvalue weighted by molar-refractivity contribution is 5.88. The van der Waals surface area contributed by atoms with Crippen LogP contribution in [0, 0.1) is 13.0 Å². The molecule has 0 fully saturated rings. The first-order chi connectivity index (χ1) is 6.59. The minimum Gasteiger partial charge on any atom is -0.292 e. The van der Waals surface area contributed by atoms with Gasteiger partial charge in [0.15, 0.2) is 0 Å². The summed E-state index contributed by atoms with van der Waals surface area (Å²) in [4.78, 5) is 20.5. The topological polar surface area (TPSA) is 35.5 Å². The molecule has 14 heavy (non-hydrogen) atoms. The van der Waals surface area contributed by atoms with Crippen LogP contribution in [0.1, 0.15) is 29.8 Å². The van der Waals surface area contributed by atoms with Crippen molar-refractivity contribution in [1.82, 2.24) is 0 Å². The smallest absolute Gasteiger partial charge is 0.292 e. The lowest BCUT2D eigenvalue weighted by molar-refractivity contribution is -0.229. The molecule has 0 saturated heterocycles. The molecular weight excluding hydrogens is 180 g/mol. The van der Waals surface area contributed by atoms with Crippen molar-refractivity contribution < 1.29 is 14.6 Å². The summed E-state index contributed by atoms with van der Waals surface area (Å²) >= 11 is 0. The van der Waals surface area contributed by atoms with Crippen LogP contribution < -0.4 is 0 Å². The van der Waals surface area contributed by atoms with Crippen molar-refractivity contribution in [2.45, 2.75) is 20.8 Å². The maximum absolute atomic E-state index is 11.3. The van der Waals surface area contributed by atoms with Gasteiger partial charge in [0, 0.05) is 0 Å². The maximum atomic E-state index is 11.3. The van der Waals surface area contributed by atoms with E-state index < -0.39 is 5.97 Å². The summed E-state index contributed by atoms with van der Waals surface area (Å²) in [6.45, 7) is 5.38. The Bertz CT molecular complexity index is 301. The number of carbonyl (C=O) groups excluding carboxylic acids is 1. The second-order valence-corrected chi connectivity index (χ2v) is 3.23. The van der Waals surface area contributed by atoms with Gasteiger partial charge in [-0.2, -0.15) is 4.89 Å². The normalized spacial score (nSPS) is 10.3. The van der Waals surface area contributed by atoms with Gasteiger partial charge in [0.25, 0.3) is 0 Å². The van der Waals surface area contributed by atoms with E-state index in [4.69, 9.17) is 0 Å². The summed E-state index contributed by atoms with van der Waals surface area (Å²) in [5.41, 5.74) is 1.58. The van der Waals surface area contributed by atoms with Gasteiger partial charge < -0.3 is 0 Å². The molecule has 0 saturated carbocycles. The molecule has 0 N–H and O–H groups in total.